The van der Waals surface area contributed by atoms with Crippen LogP contribution in [0.2, 0.25) is 0 Å². The minimum Gasteiger partial charge on any atom is -0.465 e. The molecule has 0 aliphatic carbocycles. The molecule has 1 aromatic heterocycles. The van der Waals surface area contributed by atoms with E-state index < -0.39 is 5.97 Å². The lowest BCUT2D eigenvalue weighted by molar-refractivity contribution is -0.130. The van der Waals surface area contributed by atoms with Crippen LogP contribution in [0.3, 0.4) is 0 Å². The molecule has 27 heavy (non-hydrogen) atoms. The van der Waals surface area contributed by atoms with Gasteiger partial charge in [-0.05, 0) is 30.5 Å². The lowest BCUT2D eigenvalue weighted by Gasteiger charge is -2.23. The van der Waals surface area contributed by atoms with E-state index in [1.165, 1.54) is 18.9 Å². The van der Waals surface area contributed by atoms with Crippen LogP contribution in [-0.2, 0) is 20.8 Å². The highest BCUT2D eigenvalue weighted by molar-refractivity contribution is 7.99. The molecule has 1 fully saturated rings. The molecule has 0 amide bonds. The second-order valence-corrected chi connectivity index (χ2v) is 7.83. The van der Waals surface area contributed by atoms with E-state index in [1.54, 1.807) is 22.8 Å². The molecule has 0 bridgehead atoms. The number of rotatable bonds is 6. The molecule has 2 aromatic rings. The summed E-state index contributed by atoms with van der Waals surface area (Å²) in [6.45, 7) is 5.69. The molecule has 0 saturated carbocycles. The van der Waals surface area contributed by atoms with Crippen LogP contribution in [-0.4, -0.2) is 47.9 Å². The van der Waals surface area contributed by atoms with E-state index in [4.69, 9.17) is 14.2 Å². The quantitative estimate of drug-likeness (QED) is 0.425. The van der Waals surface area contributed by atoms with Crippen LogP contribution < -0.4 is 5.56 Å². The third-order valence-electron chi connectivity index (χ3n) is 4.26. The number of aromatic nitrogens is 2. The first kappa shape index (κ1) is 19.9. The van der Waals surface area contributed by atoms with Gasteiger partial charge in [-0.15, -0.1) is 0 Å². The molecular formula is C19H24N2O5S. The van der Waals surface area contributed by atoms with E-state index >= 15 is 0 Å². The zero-order chi connectivity index (χ0) is 19.4. The fourth-order valence-electron chi connectivity index (χ4n) is 2.88. The average Bonchev–Trinajstić information content (AvgIpc) is 2.68. The number of esters is 1. The van der Waals surface area contributed by atoms with Crippen LogP contribution in [0.25, 0.3) is 10.9 Å². The highest BCUT2D eigenvalue weighted by Crippen LogP contribution is 2.23. The Morgan fingerprint density at radius 1 is 1.44 bits per heavy atom. The molecule has 1 aliphatic heterocycles. The van der Waals surface area contributed by atoms with Crippen molar-refractivity contribution in [2.24, 2.45) is 5.92 Å². The normalized spacial score (nSPS) is 17.4. The van der Waals surface area contributed by atoms with Crippen LogP contribution >= 0.6 is 11.8 Å². The Kier molecular flexibility index (Phi) is 6.51. The second kappa shape index (κ2) is 8.86. The minimum absolute atomic E-state index is 0.0743. The summed E-state index contributed by atoms with van der Waals surface area (Å²) in [6, 6.07) is 4.85. The third kappa shape index (κ3) is 4.69. The summed E-state index contributed by atoms with van der Waals surface area (Å²) < 4.78 is 17.3. The molecule has 1 aromatic carbocycles. The first-order valence-corrected chi connectivity index (χ1v) is 9.93. The van der Waals surface area contributed by atoms with Crippen LogP contribution in [0.15, 0.2) is 28.2 Å². The maximum Gasteiger partial charge on any atom is 0.337 e. The van der Waals surface area contributed by atoms with Crippen molar-refractivity contribution >= 4 is 28.6 Å². The molecule has 1 saturated heterocycles. The van der Waals surface area contributed by atoms with Crippen molar-refractivity contribution < 1.29 is 19.0 Å². The summed E-state index contributed by atoms with van der Waals surface area (Å²) >= 11 is 1.50. The summed E-state index contributed by atoms with van der Waals surface area (Å²) in [4.78, 5) is 29.5. The van der Waals surface area contributed by atoms with Crippen molar-refractivity contribution in [2.75, 3.05) is 26.3 Å². The van der Waals surface area contributed by atoms with E-state index in [2.05, 4.69) is 18.8 Å². The molecule has 1 atom stereocenters. The largest absolute Gasteiger partial charge is 0.465 e. The molecule has 146 valence electrons. The molecule has 1 aliphatic rings. The third-order valence-corrected chi connectivity index (χ3v) is 5.37. The number of ether oxygens (including phenoxy) is 3. The zero-order valence-electron chi connectivity index (χ0n) is 15.8. The van der Waals surface area contributed by atoms with Gasteiger partial charge in [-0.3, -0.25) is 9.36 Å². The number of hydrogen-bond acceptors (Lipinski definition) is 7. The first-order chi connectivity index (χ1) is 13.0. The van der Waals surface area contributed by atoms with Crippen LogP contribution in [0.4, 0.5) is 0 Å². The number of nitrogens with zero attached hydrogens (tertiary/aromatic N) is 2. The summed E-state index contributed by atoms with van der Waals surface area (Å²) in [6.07, 6.45) is 0.895. The summed E-state index contributed by atoms with van der Waals surface area (Å²) in [5.74, 6) is 0.542. The van der Waals surface area contributed by atoms with Crippen molar-refractivity contribution in [1.29, 1.82) is 0 Å². The monoisotopic (exact) mass is 392 g/mol. The zero-order valence-corrected chi connectivity index (χ0v) is 16.6. The predicted molar refractivity (Wildman–Crippen MR) is 103 cm³/mol. The molecule has 0 unspecified atom stereocenters. The van der Waals surface area contributed by atoms with Gasteiger partial charge in [-0.25, -0.2) is 9.78 Å². The number of methoxy groups -OCH3 is 1. The maximum atomic E-state index is 13.0. The standard InChI is InChI=1S/C19H24N2O5S/c1-12(2)9-21-17(22)15-5-4-13(18(23)24-3)8-16(15)20-19(21)27-10-14-6-7-25-11-26-14/h4-5,8,12,14H,6-7,9-11H2,1-3H3/t14-/m1/s1. The maximum absolute atomic E-state index is 13.0. The average molecular weight is 392 g/mol. The lowest BCUT2D eigenvalue weighted by Crippen LogP contribution is -2.28. The first-order valence-electron chi connectivity index (χ1n) is 8.94. The fourth-order valence-corrected chi connectivity index (χ4v) is 3.96. The van der Waals surface area contributed by atoms with E-state index in [-0.39, 0.29) is 11.7 Å². The van der Waals surface area contributed by atoms with Gasteiger partial charge >= 0.3 is 5.97 Å². The van der Waals surface area contributed by atoms with E-state index in [9.17, 15) is 9.59 Å². The second-order valence-electron chi connectivity index (χ2n) is 6.84. The van der Waals surface area contributed by atoms with E-state index in [0.29, 0.717) is 53.2 Å². The molecular weight excluding hydrogens is 368 g/mol. The van der Waals surface area contributed by atoms with E-state index in [0.717, 1.165) is 6.42 Å². The number of thioether (sulfide) groups is 1. The Hall–Kier alpha value is -1.90. The SMILES string of the molecule is COC(=O)c1ccc2c(=O)n(CC(C)C)c(SC[C@H]3CCOCO3)nc2c1. The van der Waals surface area contributed by atoms with Crippen molar-refractivity contribution in [3.63, 3.8) is 0 Å². The Labute approximate surface area is 162 Å². The van der Waals surface area contributed by atoms with Gasteiger partial charge in [0, 0.05) is 12.3 Å². The summed E-state index contributed by atoms with van der Waals surface area (Å²) in [7, 11) is 1.33. The molecule has 0 N–H and O–H groups in total. The topological polar surface area (TPSA) is 79.7 Å². The minimum atomic E-state index is -0.449. The van der Waals surface area contributed by atoms with Gasteiger partial charge in [0.25, 0.3) is 5.56 Å². The van der Waals surface area contributed by atoms with Crippen molar-refractivity contribution in [1.82, 2.24) is 9.55 Å². The number of fused-ring (bicyclic) bond motifs is 1. The Balaban J connectivity index is 1.98. The van der Waals surface area contributed by atoms with Crippen molar-refractivity contribution in [3.8, 4) is 0 Å². The van der Waals surface area contributed by atoms with Gasteiger partial charge in [0.2, 0.25) is 0 Å². The molecule has 7 nitrogen and oxygen atoms in total. The fraction of sp³-hybridized carbons (Fsp3) is 0.526. The Morgan fingerprint density at radius 2 is 2.26 bits per heavy atom. The number of carbonyl (C=O) groups is 1. The highest BCUT2D eigenvalue weighted by atomic mass is 32.2. The van der Waals surface area contributed by atoms with Gasteiger partial charge < -0.3 is 14.2 Å². The van der Waals surface area contributed by atoms with Gasteiger partial charge in [0.15, 0.2) is 5.16 Å². The summed E-state index contributed by atoms with van der Waals surface area (Å²) in [5.41, 5.74) is 0.779. The predicted octanol–water partition coefficient (Wildman–Crippen LogP) is 2.69. The molecule has 0 radical (unpaired) electrons. The van der Waals surface area contributed by atoms with Crippen LogP contribution in [0.5, 0.6) is 0 Å². The smallest absolute Gasteiger partial charge is 0.337 e. The van der Waals surface area contributed by atoms with Crippen LogP contribution in [0, 0.1) is 5.92 Å². The Bertz CT molecular complexity index is 874. The Morgan fingerprint density at radius 3 is 2.93 bits per heavy atom. The molecule has 8 heteroatoms. The van der Waals surface area contributed by atoms with Gasteiger partial charge in [-0.2, -0.15) is 0 Å². The van der Waals surface area contributed by atoms with Gasteiger partial charge in [-0.1, -0.05) is 25.6 Å². The van der Waals surface area contributed by atoms with Gasteiger partial charge in [0.05, 0.1) is 36.3 Å². The van der Waals surface area contributed by atoms with Gasteiger partial charge in [0.1, 0.15) is 6.79 Å². The lowest BCUT2D eigenvalue weighted by atomic mass is 10.1. The summed E-state index contributed by atoms with van der Waals surface area (Å²) in [5, 5.41) is 1.13. The highest BCUT2D eigenvalue weighted by Gasteiger charge is 2.19. The van der Waals surface area contributed by atoms with E-state index in [1.807, 2.05) is 0 Å². The number of benzene rings is 1. The molecule has 2 heterocycles. The molecule has 3 rings (SSSR count). The van der Waals surface area contributed by atoms with Crippen LogP contribution in [0.1, 0.15) is 30.6 Å². The molecule has 0 spiro atoms. The van der Waals surface area contributed by atoms with Crippen molar-refractivity contribution in [2.45, 2.75) is 38.1 Å². The number of carbonyl (C=O) groups excluding carboxylic acids is 1. The van der Waals surface area contributed by atoms with Crippen molar-refractivity contribution in [3.05, 3.63) is 34.1 Å². The number of hydrogen-bond donors (Lipinski definition) is 0.